The highest BCUT2D eigenvalue weighted by Gasteiger charge is 2.59. The van der Waals surface area contributed by atoms with Crippen molar-refractivity contribution in [3.8, 4) is 0 Å². The lowest BCUT2D eigenvalue weighted by Gasteiger charge is -2.57. The van der Waals surface area contributed by atoms with Crippen molar-refractivity contribution in [2.75, 3.05) is 6.61 Å². The number of furan rings is 1. The van der Waals surface area contributed by atoms with Gasteiger partial charge in [0.1, 0.15) is 18.2 Å². The van der Waals surface area contributed by atoms with Crippen LogP contribution in [0.1, 0.15) is 50.4 Å². The average molecular weight is 392 g/mol. The number of esters is 1. The fourth-order valence-electron chi connectivity index (χ4n) is 5.43. The lowest BCUT2D eigenvalue weighted by molar-refractivity contribution is -0.193. The van der Waals surface area contributed by atoms with E-state index in [2.05, 4.69) is 0 Å². The van der Waals surface area contributed by atoms with Crippen LogP contribution in [0.5, 0.6) is 0 Å². The van der Waals surface area contributed by atoms with E-state index in [1.807, 2.05) is 13.8 Å². The molecule has 0 aromatic carbocycles. The summed E-state index contributed by atoms with van der Waals surface area (Å²) in [7, 11) is 0. The van der Waals surface area contributed by atoms with Gasteiger partial charge in [-0.05, 0) is 29.7 Å². The molecule has 28 heavy (non-hydrogen) atoms. The molecule has 7 atom stereocenters. The Morgan fingerprint density at radius 2 is 2.11 bits per heavy atom. The van der Waals surface area contributed by atoms with Crippen molar-refractivity contribution >= 4 is 17.5 Å². The fraction of sp³-hybridized carbons (Fsp3) is 0.667. The van der Waals surface area contributed by atoms with Crippen LogP contribution in [0.15, 0.2) is 23.0 Å². The van der Waals surface area contributed by atoms with Crippen LogP contribution in [0, 0.1) is 29.1 Å². The van der Waals surface area contributed by atoms with Crippen LogP contribution >= 0.6 is 0 Å². The van der Waals surface area contributed by atoms with Crippen molar-refractivity contribution in [1.29, 1.82) is 0 Å². The molecule has 0 radical (unpaired) electrons. The first-order chi connectivity index (χ1) is 13.2. The number of fused-ring (bicyclic) bond motifs is 1. The third-order valence-electron chi connectivity index (χ3n) is 6.98. The van der Waals surface area contributed by atoms with Gasteiger partial charge in [0.15, 0.2) is 5.78 Å². The number of hydrogen-bond acceptors (Lipinski definition) is 7. The molecule has 1 heterocycles. The Kier molecular flexibility index (Phi) is 5.77. The molecular weight excluding hydrogens is 364 g/mol. The third kappa shape index (κ3) is 3.53. The quantitative estimate of drug-likeness (QED) is 0.582. The SMILES string of the molecule is CC(=O)OC1CC2(C)C(CC(=O)c3ccoc3)C(C)C(=O)CC2C(CO)C1O. The number of hydrogen-bond donors (Lipinski definition) is 2. The molecule has 0 aliphatic heterocycles. The summed E-state index contributed by atoms with van der Waals surface area (Å²) >= 11 is 0. The maximum atomic E-state index is 12.8. The predicted octanol–water partition coefficient (Wildman–Crippen LogP) is 2.00. The van der Waals surface area contributed by atoms with Gasteiger partial charge < -0.3 is 19.4 Å². The summed E-state index contributed by atoms with van der Waals surface area (Å²) in [4.78, 5) is 37.0. The molecule has 2 aliphatic carbocycles. The van der Waals surface area contributed by atoms with E-state index in [4.69, 9.17) is 9.15 Å². The summed E-state index contributed by atoms with van der Waals surface area (Å²) in [6.45, 7) is 4.78. The summed E-state index contributed by atoms with van der Waals surface area (Å²) in [6.07, 6.45) is 1.74. The molecular formula is C21H28O7. The van der Waals surface area contributed by atoms with E-state index in [1.54, 1.807) is 6.07 Å². The van der Waals surface area contributed by atoms with E-state index in [9.17, 15) is 24.6 Å². The van der Waals surface area contributed by atoms with Crippen molar-refractivity contribution in [3.05, 3.63) is 24.2 Å². The average Bonchev–Trinajstić information content (AvgIpc) is 3.16. The van der Waals surface area contributed by atoms with Crippen molar-refractivity contribution in [2.24, 2.45) is 29.1 Å². The number of carbonyl (C=O) groups excluding carboxylic acids is 3. The minimum Gasteiger partial charge on any atom is -0.472 e. The predicted molar refractivity (Wildman–Crippen MR) is 98.3 cm³/mol. The zero-order valence-electron chi connectivity index (χ0n) is 16.5. The van der Waals surface area contributed by atoms with Crippen LogP contribution in [0.25, 0.3) is 0 Å². The smallest absolute Gasteiger partial charge is 0.302 e. The highest BCUT2D eigenvalue weighted by molar-refractivity contribution is 5.96. The van der Waals surface area contributed by atoms with Gasteiger partial charge in [-0.25, -0.2) is 0 Å². The molecule has 3 rings (SSSR count). The topological polar surface area (TPSA) is 114 Å². The molecule has 1 aromatic rings. The standard InChI is InChI=1S/C21H28O7/c1-11-15(6-18(25)13-4-5-27-10-13)21(3)8-19(28-12(2)23)20(26)14(9-22)16(21)7-17(11)24/h4-5,10-11,14-16,19-20,22,26H,6-9H2,1-3H3. The van der Waals surface area contributed by atoms with Crippen LogP contribution in [0.4, 0.5) is 0 Å². The molecule has 0 amide bonds. The monoisotopic (exact) mass is 392 g/mol. The summed E-state index contributed by atoms with van der Waals surface area (Å²) in [6, 6.07) is 1.60. The van der Waals surface area contributed by atoms with Gasteiger partial charge in [-0.3, -0.25) is 14.4 Å². The number of ether oxygens (including phenoxy) is 1. The molecule has 2 N–H and O–H groups in total. The van der Waals surface area contributed by atoms with Crippen LogP contribution in [-0.4, -0.2) is 46.6 Å². The lowest BCUT2D eigenvalue weighted by Crippen LogP contribution is -2.60. The molecule has 0 spiro atoms. The van der Waals surface area contributed by atoms with Crippen molar-refractivity contribution < 1.29 is 33.8 Å². The van der Waals surface area contributed by atoms with Gasteiger partial charge in [0.05, 0.1) is 17.9 Å². The Hall–Kier alpha value is -1.99. The maximum Gasteiger partial charge on any atom is 0.302 e. The number of Topliss-reactive ketones (excluding diaryl/α,β-unsaturated/α-hetero) is 2. The van der Waals surface area contributed by atoms with E-state index in [0.29, 0.717) is 12.0 Å². The van der Waals surface area contributed by atoms with E-state index in [1.165, 1.54) is 19.5 Å². The van der Waals surface area contributed by atoms with Crippen molar-refractivity contribution in [1.82, 2.24) is 0 Å². The van der Waals surface area contributed by atoms with Crippen molar-refractivity contribution in [2.45, 2.75) is 52.2 Å². The highest BCUT2D eigenvalue weighted by Crippen LogP contribution is 2.57. The van der Waals surface area contributed by atoms with Gasteiger partial charge in [0, 0.05) is 38.2 Å². The minimum absolute atomic E-state index is 0.0315. The number of aliphatic hydroxyl groups excluding tert-OH is 2. The molecule has 7 heteroatoms. The fourth-order valence-corrected chi connectivity index (χ4v) is 5.43. The van der Waals surface area contributed by atoms with E-state index < -0.39 is 29.5 Å². The first-order valence-electron chi connectivity index (χ1n) is 9.73. The molecule has 2 aliphatic rings. The van der Waals surface area contributed by atoms with Gasteiger partial charge in [-0.2, -0.15) is 0 Å². The van der Waals surface area contributed by atoms with Gasteiger partial charge in [-0.15, -0.1) is 0 Å². The Balaban J connectivity index is 1.96. The molecule has 0 saturated heterocycles. The normalized spacial score (nSPS) is 38.0. The number of aliphatic hydroxyl groups is 2. The molecule has 7 unspecified atom stereocenters. The van der Waals surface area contributed by atoms with Gasteiger partial charge in [-0.1, -0.05) is 13.8 Å². The van der Waals surface area contributed by atoms with Gasteiger partial charge >= 0.3 is 5.97 Å². The summed E-state index contributed by atoms with van der Waals surface area (Å²) in [5.41, 5.74) is -0.0871. The minimum atomic E-state index is -1.04. The number of carbonyl (C=O) groups is 3. The Labute approximate surface area is 164 Å². The van der Waals surface area contributed by atoms with Gasteiger partial charge in [0.2, 0.25) is 0 Å². The van der Waals surface area contributed by atoms with E-state index in [-0.39, 0.29) is 48.8 Å². The summed E-state index contributed by atoms with van der Waals surface area (Å²) in [5.74, 6) is -2.10. The second-order valence-electron chi connectivity index (χ2n) is 8.51. The second-order valence-corrected chi connectivity index (χ2v) is 8.51. The molecule has 1 aromatic heterocycles. The highest BCUT2D eigenvalue weighted by atomic mass is 16.6. The largest absolute Gasteiger partial charge is 0.472 e. The maximum absolute atomic E-state index is 12.8. The Bertz CT molecular complexity index is 740. The number of ketones is 2. The summed E-state index contributed by atoms with van der Waals surface area (Å²) < 4.78 is 10.4. The Morgan fingerprint density at radius 1 is 1.39 bits per heavy atom. The molecule has 0 bridgehead atoms. The van der Waals surface area contributed by atoms with Crippen molar-refractivity contribution in [3.63, 3.8) is 0 Å². The van der Waals surface area contributed by atoms with Crippen LogP contribution < -0.4 is 0 Å². The zero-order chi connectivity index (χ0) is 20.6. The van der Waals surface area contributed by atoms with Crippen LogP contribution in [-0.2, 0) is 14.3 Å². The third-order valence-corrected chi connectivity index (χ3v) is 6.98. The summed E-state index contributed by atoms with van der Waals surface area (Å²) in [5, 5.41) is 20.6. The molecule has 154 valence electrons. The second kappa shape index (κ2) is 7.79. The molecule has 2 saturated carbocycles. The first kappa shape index (κ1) is 20.7. The molecule has 7 nitrogen and oxygen atoms in total. The first-order valence-corrected chi connectivity index (χ1v) is 9.73. The van der Waals surface area contributed by atoms with Crippen LogP contribution in [0.3, 0.4) is 0 Å². The van der Waals surface area contributed by atoms with E-state index in [0.717, 1.165) is 0 Å². The number of rotatable bonds is 5. The van der Waals surface area contributed by atoms with E-state index >= 15 is 0 Å². The Morgan fingerprint density at radius 3 is 2.68 bits per heavy atom. The van der Waals surface area contributed by atoms with Gasteiger partial charge in [0.25, 0.3) is 0 Å². The molecule has 2 fully saturated rings. The lowest BCUT2D eigenvalue weighted by atomic mass is 9.48. The zero-order valence-corrected chi connectivity index (χ0v) is 16.5. The van der Waals surface area contributed by atoms with Crippen LogP contribution in [0.2, 0.25) is 0 Å².